The molecule has 0 saturated carbocycles. The van der Waals surface area contributed by atoms with Crippen LogP contribution < -0.4 is 5.32 Å². The van der Waals surface area contributed by atoms with Crippen molar-refractivity contribution in [3.8, 4) is 0 Å². The number of carbonyl (C=O) groups excluding carboxylic acids is 1. The largest absolute Gasteiger partial charge is 0.394 e. The first kappa shape index (κ1) is 45.8. The lowest BCUT2D eigenvalue weighted by molar-refractivity contribution is -0.124. The van der Waals surface area contributed by atoms with Crippen molar-refractivity contribution in [3.63, 3.8) is 0 Å². The zero-order valence-electron chi connectivity index (χ0n) is 31.4. The van der Waals surface area contributed by atoms with Crippen LogP contribution in [-0.2, 0) is 4.79 Å². The van der Waals surface area contributed by atoms with Gasteiger partial charge in [-0.2, -0.15) is 0 Å². The highest BCUT2D eigenvalue weighted by molar-refractivity contribution is 5.76. The van der Waals surface area contributed by atoms with Gasteiger partial charge >= 0.3 is 0 Å². The van der Waals surface area contributed by atoms with Gasteiger partial charge in [-0.15, -0.1) is 0 Å². The maximum absolute atomic E-state index is 12.4. The number of aliphatic hydroxyl groups is 3. The van der Waals surface area contributed by atoms with Gasteiger partial charge in [-0.25, -0.2) is 0 Å². The fraction of sp³-hybridized carbons (Fsp3) is 0.881. The Morgan fingerprint density at radius 2 is 0.915 bits per heavy atom. The summed E-state index contributed by atoms with van der Waals surface area (Å²) in [6.07, 6.45) is 44.5. The van der Waals surface area contributed by atoms with Crippen molar-refractivity contribution in [2.24, 2.45) is 0 Å². The SMILES string of the molecule is CCCCCCCCCCCC/C=C/CC/C=C/C(O)C(CO)NC(=O)CC(O)CCCCCCCCCCCCCCCCCC. The van der Waals surface area contributed by atoms with Crippen LogP contribution in [0.1, 0.15) is 213 Å². The molecule has 0 saturated heterocycles. The number of aliphatic hydroxyl groups excluding tert-OH is 3. The normalized spacial score (nSPS) is 13.9. The first-order valence-electron chi connectivity index (χ1n) is 20.6. The monoisotopic (exact) mass is 664 g/mol. The van der Waals surface area contributed by atoms with E-state index in [0.29, 0.717) is 6.42 Å². The first-order chi connectivity index (χ1) is 23.0. The molecule has 0 radical (unpaired) electrons. The van der Waals surface area contributed by atoms with Crippen LogP contribution in [0.5, 0.6) is 0 Å². The lowest BCUT2D eigenvalue weighted by Gasteiger charge is -2.21. The van der Waals surface area contributed by atoms with Crippen molar-refractivity contribution in [3.05, 3.63) is 24.3 Å². The molecule has 4 N–H and O–H groups in total. The van der Waals surface area contributed by atoms with E-state index in [2.05, 4.69) is 31.3 Å². The van der Waals surface area contributed by atoms with E-state index in [9.17, 15) is 20.1 Å². The molecule has 0 aromatic carbocycles. The summed E-state index contributed by atoms with van der Waals surface area (Å²) >= 11 is 0. The van der Waals surface area contributed by atoms with Crippen LogP contribution in [0.3, 0.4) is 0 Å². The van der Waals surface area contributed by atoms with Gasteiger partial charge in [0.2, 0.25) is 5.91 Å². The topological polar surface area (TPSA) is 89.8 Å². The second-order valence-electron chi connectivity index (χ2n) is 14.2. The summed E-state index contributed by atoms with van der Waals surface area (Å²) in [5, 5.41) is 33.1. The van der Waals surface area contributed by atoms with Gasteiger partial charge in [0, 0.05) is 0 Å². The zero-order valence-corrected chi connectivity index (χ0v) is 31.4. The number of hydrogen-bond acceptors (Lipinski definition) is 4. The Balaban J connectivity index is 3.72. The van der Waals surface area contributed by atoms with Crippen LogP contribution in [0.25, 0.3) is 0 Å². The smallest absolute Gasteiger partial charge is 0.222 e. The molecular weight excluding hydrogens is 582 g/mol. The van der Waals surface area contributed by atoms with Crippen LogP contribution in [0, 0.1) is 0 Å². The second-order valence-corrected chi connectivity index (χ2v) is 14.2. The maximum atomic E-state index is 12.4. The molecule has 3 unspecified atom stereocenters. The van der Waals surface area contributed by atoms with Gasteiger partial charge in [-0.05, 0) is 32.1 Å². The van der Waals surface area contributed by atoms with Crippen molar-refractivity contribution in [2.45, 2.75) is 231 Å². The van der Waals surface area contributed by atoms with E-state index in [0.717, 1.165) is 32.1 Å². The lowest BCUT2D eigenvalue weighted by atomic mass is 10.0. The molecule has 0 fully saturated rings. The quantitative estimate of drug-likeness (QED) is 0.0393. The number of amides is 1. The average Bonchev–Trinajstić information content (AvgIpc) is 3.06. The number of unbranched alkanes of at least 4 members (excludes halogenated alkanes) is 26. The van der Waals surface area contributed by atoms with E-state index in [4.69, 9.17) is 0 Å². The molecule has 5 heteroatoms. The van der Waals surface area contributed by atoms with E-state index < -0.39 is 18.2 Å². The highest BCUT2D eigenvalue weighted by Crippen LogP contribution is 2.15. The lowest BCUT2D eigenvalue weighted by Crippen LogP contribution is -2.45. The van der Waals surface area contributed by atoms with Gasteiger partial charge < -0.3 is 20.6 Å². The molecule has 1 amide bonds. The third-order valence-electron chi connectivity index (χ3n) is 9.49. The fourth-order valence-corrected chi connectivity index (χ4v) is 6.30. The van der Waals surface area contributed by atoms with Crippen molar-refractivity contribution < 1.29 is 20.1 Å². The van der Waals surface area contributed by atoms with Crippen molar-refractivity contribution in [2.75, 3.05) is 6.61 Å². The third-order valence-corrected chi connectivity index (χ3v) is 9.49. The van der Waals surface area contributed by atoms with E-state index >= 15 is 0 Å². The van der Waals surface area contributed by atoms with Crippen LogP contribution in [0.15, 0.2) is 24.3 Å². The molecule has 0 aromatic heterocycles. The molecule has 0 bridgehead atoms. The first-order valence-corrected chi connectivity index (χ1v) is 20.6. The summed E-state index contributed by atoms with van der Waals surface area (Å²) in [5.41, 5.74) is 0. The van der Waals surface area contributed by atoms with E-state index in [-0.39, 0.29) is 18.9 Å². The second kappa shape index (κ2) is 37.6. The molecule has 0 aliphatic carbocycles. The highest BCUT2D eigenvalue weighted by Gasteiger charge is 2.20. The Labute approximate surface area is 292 Å². The van der Waals surface area contributed by atoms with Crippen molar-refractivity contribution >= 4 is 5.91 Å². The van der Waals surface area contributed by atoms with Crippen LogP contribution in [-0.4, -0.2) is 46.1 Å². The molecular formula is C42H81NO4. The van der Waals surface area contributed by atoms with Crippen LogP contribution in [0.2, 0.25) is 0 Å². The van der Waals surface area contributed by atoms with E-state index in [1.807, 2.05) is 6.08 Å². The fourth-order valence-electron chi connectivity index (χ4n) is 6.30. The average molecular weight is 664 g/mol. The van der Waals surface area contributed by atoms with Crippen molar-refractivity contribution in [1.29, 1.82) is 0 Å². The standard InChI is InChI=1S/C42H81NO4/c1-3-5-7-9-11-13-15-17-19-21-23-25-27-29-31-33-35-39(45)37-42(47)43-40(38-44)41(46)36-34-32-30-28-26-24-22-20-18-16-14-12-10-8-6-4-2/h26,28,34,36,39-41,44-46H,3-25,27,29-33,35,37-38H2,1-2H3,(H,43,47)/b28-26+,36-34+. The minimum absolute atomic E-state index is 0.00944. The molecule has 278 valence electrons. The van der Waals surface area contributed by atoms with Gasteiger partial charge in [0.1, 0.15) is 0 Å². The Kier molecular flexibility index (Phi) is 36.7. The minimum atomic E-state index is -0.947. The number of rotatable bonds is 37. The van der Waals surface area contributed by atoms with Gasteiger partial charge in [0.15, 0.2) is 0 Å². The van der Waals surface area contributed by atoms with Crippen molar-refractivity contribution in [1.82, 2.24) is 5.32 Å². The molecule has 0 spiro atoms. The minimum Gasteiger partial charge on any atom is -0.394 e. The summed E-state index contributed by atoms with van der Waals surface area (Å²) in [7, 11) is 0. The Hall–Kier alpha value is -1.17. The molecule has 0 aromatic rings. The number of carbonyl (C=O) groups is 1. The summed E-state index contributed by atoms with van der Waals surface area (Å²) in [6, 6.07) is -0.756. The number of hydrogen-bond donors (Lipinski definition) is 4. The number of allylic oxidation sites excluding steroid dienone is 3. The predicted molar refractivity (Wildman–Crippen MR) is 204 cm³/mol. The van der Waals surface area contributed by atoms with Gasteiger partial charge in [0.05, 0.1) is 31.3 Å². The summed E-state index contributed by atoms with van der Waals surface area (Å²) in [6.45, 7) is 4.20. The maximum Gasteiger partial charge on any atom is 0.222 e. The summed E-state index contributed by atoms with van der Waals surface area (Å²) < 4.78 is 0. The van der Waals surface area contributed by atoms with Crippen LogP contribution in [0.4, 0.5) is 0 Å². The Morgan fingerprint density at radius 3 is 1.36 bits per heavy atom. The van der Waals surface area contributed by atoms with E-state index in [1.54, 1.807) is 6.08 Å². The summed E-state index contributed by atoms with van der Waals surface area (Å²) in [4.78, 5) is 12.4. The summed E-state index contributed by atoms with van der Waals surface area (Å²) in [5.74, 6) is -0.324. The molecule has 0 aliphatic heterocycles. The molecule has 0 aliphatic rings. The molecule has 5 nitrogen and oxygen atoms in total. The molecule has 47 heavy (non-hydrogen) atoms. The predicted octanol–water partition coefficient (Wildman–Crippen LogP) is 11.4. The number of nitrogens with one attached hydrogen (secondary N) is 1. The third kappa shape index (κ3) is 34.5. The zero-order chi connectivity index (χ0) is 34.5. The van der Waals surface area contributed by atoms with Gasteiger partial charge in [0.25, 0.3) is 0 Å². The van der Waals surface area contributed by atoms with Gasteiger partial charge in [-0.3, -0.25) is 4.79 Å². The molecule has 3 atom stereocenters. The highest BCUT2D eigenvalue weighted by atomic mass is 16.3. The van der Waals surface area contributed by atoms with E-state index in [1.165, 1.54) is 154 Å². The Bertz CT molecular complexity index is 694. The van der Waals surface area contributed by atoms with Gasteiger partial charge in [-0.1, -0.05) is 199 Å². The molecule has 0 rings (SSSR count). The van der Waals surface area contributed by atoms with Crippen LogP contribution >= 0.6 is 0 Å². The molecule has 0 heterocycles. The Morgan fingerprint density at radius 1 is 0.532 bits per heavy atom.